The predicted molar refractivity (Wildman–Crippen MR) is 79.4 cm³/mol. The van der Waals surface area contributed by atoms with Gasteiger partial charge in [0.1, 0.15) is 23.2 Å². The van der Waals surface area contributed by atoms with Gasteiger partial charge in [-0.1, -0.05) is 0 Å². The topological polar surface area (TPSA) is 47.0 Å². The average Bonchev–Trinajstić information content (AvgIpc) is 3.27. The lowest BCUT2D eigenvalue weighted by atomic mass is 10.2. The minimum Gasteiger partial charge on any atom is -0.439 e. The first-order chi connectivity index (χ1) is 10.2. The Morgan fingerprint density at radius 2 is 2.10 bits per heavy atom. The summed E-state index contributed by atoms with van der Waals surface area (Å²) >= 11 is 0. The Kier molecular flexibility index (Phi) is 3.73. The SMILES string of the molecule is CCNc1cc(Oc2ccc(F)cc2C)nc(C2CC2)n1. The molecule has 0 atom stereocenters. The maximum atomic E-state index is 13.1. The first-order valence-corrected chi connectivity index (χ1v) is 7.22. The fourth-order valence-corrected chi connectivity index (χ4v) is 2.13. The minimum absolute atomic E-state index is 0.269. The maximum absolute atomic E-state index is 13.1. The fraction of sp³-hybridized carbons (Fsp3) is 0.375. The molecule has 1 aliphatic carbocycles. The molecule has 0 radical (unpaired) electrons. The number of nitrogens with zero attached hydrogens (tertiary/aromatic N) is 2. The van der Waals surface area contributed by atoms with Crippen LogP contribution in [0.15, 0.2) is 24.3 Å². The maximum Gasteiger partial charge on any atom is 0.224 e. The standard InChI is InChI=1S/C16H18FN3O/c1-3-18-14-9-15(20-16(19-14)11-4-5-11)21-13-7-6-12(17)8-10(13)2/h6-9,11H,3-5H2,1-2H3,(H,18,19,20). The van der Waals surface area contributed by atoms with E-state index in [1.807, 2.05) is 13.8 Å². The van der Waals surface area contributed by atoms with Crippen LogP contribution in [0.4, 0.5) is 10.2 Å². The van der Waals surface area contributed by atoms with E-state index >= 15 is 0 Å². The van der Waals surface area contributed by atoms with Crippen molar-refractivity contribution in [1.82, 2.24) is 9.97 Å². The normalized spacial score (nSPS) is 14.0. The second-order valence-corrected chi connectivity index (χ2v) is 5.27. The summed E-state index contributed by atoms with van der Waals surface area (Å²) in [6, 6.07) is 6.23. The third-order valence-corrected chi connectivity index (χ3v) is 3.37. The summed E-state index contributed by atoms with van der Waals surface area (Å²) in [4.78, 5) is 8.97. The van der Waals surface area contributed by atoms with Crippen LogP contribution >= 0.6 is 0 Å². The van der Waals surface area contributed by atoms with Crippen LogP contribution in [0, 0.1) is 12.7 Å². The van der Waals surface area contributed by atoms with Gasteiger partial charge in [0, 0.05) is 18.5 Å². The van der Waals surface area contributed by atoms with Crippen LogP contribution in [0.2, 0.25) is 0 Å². The monoisotopic (exact) mass is 287 g/mol. The first-order valence-electron chi connectivity index (χ1n) is 7.22. The largest absolute Gasteiger partial charge is 0.439 e. The summed E-state index contributed by atoms with van der Waals surface area (Å²) < 4.78 is 18.9. The molecule has 1 N–H and O–H groups in total. The van der Waals surface area contributed by atoms with Gasteiger partial charge >= 0.3 is 0 Å². The zero-order chi connectivity index (χ0) is 14.8. The summed E-state index contributed by atoms with van der Waals surface area (Å²) in [6.07, 6.45) is 2.26. The van der Waals surface area contributed by atoms with Gasteiger partial charge in [0.15, 0.2) is 0 Å². The smallest absolute Gasteiger partial charge is 0.224 e. The number of rotatable bonds is 5. The molecule has 1 heterocycles. The molecule has 4 nitrogen and oxygen atoms in total. The van der Waals surface area contributed by atoms with Gasteiger partial charge in [-0.2, -0.15) is 4.98 Å². The Balaban J connectivity index is 1.89. The molecule has 21 heavy (non-hydrogen) atoms. The highest BCUT2D eigenvalue weighted by Gasteiger charge is 2.27. The van der Waals surface area contributed by atoms with Crippen molar-refractivity contribution in [3.63, 3.8) is 0 Å². The molecular formula is C16H18FN3O. The Morgan fingerprint density at radius 1 is 1.29 bits per heavy atom. The van der Waals surface area contributed by atoms with Crippen LogP contribution in [0.3, 0.4) is 0 Å². The quantitative estimate of drug-likeness (QED) is 0.902. The van der Waals surface area contributed by atoms with Gasteiger partial charge in [-0.15, -0.1) is 0 Å². The first kappa shape index (κ1) is 13.8. The number of halogens is 1. The Morgan fingerprint density at radius 3 is 2.76 bits per heavy atom. The summed E-state index contributed by atoms with van der Waals surface area (Å²) in [5.41, 5.74) is 0.742. The molecule has 2 aromatic rings. The van der Waals surface area contributed by atoms with Gasteiger partial charge in [0.25, 0.3) is 0 Å². The van der Waals surface area contributed by atoms with Crippen molar-refractivity contribution in [3.8, 4) is 11.6 Å². The van der Waals surface area contributed by atoms with Crippen LogP contribution in [0.25, 0.3) is 0 Å². The number of hydrogen-bond acceptors (Lipinski definition) is 4. The van der Waals surface area contributed by atoms with E-state index in [0.29, 0.717) is 17.5 Å². The van der Waals surface area contributed by atoms with Gasteiger partial charge < -0.3 is 10.1 Å². The predicted octanol–water partition coefficient (Wildman–Crippen LogP) is 4.03. The highest BCUT2D eigenvalue weighted by Crippen LogP contribution is 2.39. The van der Waals surface area contributed by atoms with Crippen molar-refractivity contribution in [2.24, 2.45) is 0 Å². The molecule has 1 aromatic carbocycles. The van der Waals surface area contributed by atoms with Crippen LogP contribution in [0.5, 0.6) is 11.6 Å². The van der Waals surface area contributed by atoms with Gasteiger partial charge in [-0.25, -0.2) is 9.37 Å². The Labute approximate surface area is 123 Å². The molecule has 110 valence electrons. The molecule has 1 aromatic heterocycles. The van der Waals surface area contributed by atoms with Gasteiger partial charge in [-0.3, -0.25) is 0 Å². The van der Waals surface area contributed by atoms with E-state index in [2.05, 4.69) is 15.3 Å². The van der Waals surface area contributed by atoms with Crippen LogP contribution in [0.1, 0.15) is 37.1 Å². The van der Waals surface area contributed by atoms with E-state index in [-0.39, 0.29) is 5.82 Å². The molecule has 1 saturated carbocycles. The molecule has 0 bridgehead atoms. The Bertz CT molecular complexity index is 656. The van der Waals surface area contributed by atoms with E-state index in [4.69, 9.17) is 4.74 Å². The highest BCUT2D eigenvalue weighted by molar-refractivity contribution is 5.42. The summed E-state index contributed by atoms with van der Waals surface area (Å²) in [5, 5.41) is 3.19. The number of aryl methyl sites for hydroxylation is 1. The molecule has 0 saturated heterocycles. The van der Waals surface area contributed by atoms with E-state index in [0.717, 1.165) is 36.6 Å². The number of ether oxygens (including phenoxy) is 1. The third-order valence-electron chi connectivity index (χ3n) is 3.37. The zero-order valence-corrected chi connectivity index (χ0v) is 12.2. The lowest BCUT2D eigenvalue weighted by molar-refractivity contribution is 0.454. The molecule has 1 aliphatic rings. The minimum atomic E-state index is -0.269. The van der Waals surface area contributed by atoms with E-state index in [1.165, 1.54) is 12.1 Å². The summed E-state index contributed by atoms with van der Waals surface area (Å²) in [5.74, 6) is 2.87. The molecule has 0 spiro atoms. The number of anilines is 1. The van der Waals surface area contributed by atoms with Gasteiger partial charge in [0.05, 0.1) is 0 Å². The van der Waals surface area contributed by atoms with Crippen LogP contribution in [-0.4, -0.2) is 16.5 Å². The highest BCUT2D eigenvalue weighted by atomic mass is 19.1. The van der Waals surface area contributed by atoms with Crippen molar-refractivity contribution in [1.29, 1.82) is 0 Å². The van der Waals surface area contributed by atoms with E-state index < -0.39 is 0 Å². The van der Waals surface area contributed by atoms with Crippen LogP contribution < -0.4 is 10.1 Å². The second-order valence-electron chi connectivity index (χ2n) is 5.27. The number of hydrogen-bond donors (Lipinski definition) is 1. The van der Waals surface area contributed by atoms with Crippen molar-refractivity contribution in [2.75, 3.05) is 11.9 Å². The third kappa shape index (κ3) is 3.29. The number of benzene rings is 1. The molecule has 0 amide bonds. The lowest BCUT2D eigenvalue weighted by Gasteiger charge is -2.11. The van der Waals surface area contributed by atoms with E-state index in [9.17, 15) is 4.39 Å². The van der Waals surface area contributed by atoms with Gasteiger partial charge in [-0.05, 0) is 50.5 Å². The molecule has 1 fully saturated rings. The Hall–Kier alpha value is -2.17. The second kappa shape index (κ2) is 5.68. The summed E-state index contributed by atoms with van der Waals surface area (Å²) in [6.45, 7) is 4.62. The van der Waals surface area contributed by atoms with Crippen molar-refractivity contribution in [3.05, 3.63) is 41.5 Å². The van der Waals surface area contributed by atoms with Gasteiger partial charge in [0.2, 0.25) is 5.88 Å². The average molecular weight is 287 g/mol. The molecule has 5 heteroatoms. The number of nitrogens with one attached hydrogen (secondary N) is 1. The van der Waals surface area contributed by atoms with Crippen molar-refractivity contribution < 1.29 is 9.13 Å². The van der Waals surface area contributed by atoms with Crippen LogP contribution in [-0.2, 0) is 0 Å². The molecule has 3 rings (SSSR count). The zero-order valence-electron chi connectivity index (χ0n) is 12.2. The molecular weight excluding hydrogens is 269 g/mol. The molecule has 0 unspecified atom stereocenters. The summed E-state index contributed by atoms with van der Waals surface area (Å²) in [7, 11) is 0. The van der Waals surface area contributed by atoms with E-state index in [1.54, 1.807) is 12.1 Å². The van der Waals surface area contributed by atoms with Crippen molar-refractivity contribution in [2.45, 2.75) is 32.6 Å². The number of aromatic nitrogens is 2. The lowest BCUT2D eigenvalue weighted by Crippen LogP contribution is -2.04. The van der Waals surface area contributed by atoms with Crippen molar-refractivity contribution >= 4 is 5.82 Å². The molecule has 0 aliphatic heterocycles. The fourth-order valence-electron chi connectivity index (χ4n) is 2.13.